The molecular formula is C23H21N5O2. The zero-order valence-electron chi connectivity index (χ0n) is 16.6. The number of aromatic amines is 1. The fourth-order valence-corrected chi connectivity index (χ4v) is 5.11. The van der Waals surface area contributed by atoms with Crippen molar-refractivity contribution in [2.45, 2.75) is 44.6 Å². The van der Waals surface area contributed by atoms with E-state index in [4.69, 9.17) is 5.26 Å². The van der Waals surface area contributed by atoms with Gasteiger partial charge in [-0.3, -0.25) is 9.59 Å². The monoisotopic (exact) mass is 399 g/mol. The maximum Gasteiger partial charge on any atom is 0.272 e. The minimum Gasteiger partial charge on any atom is -0.348 e. The number of nitrogens with zero attached hydrogens (tertiary/aromatic N) is 3. The van der Waals surface area contributed by atoms with Crippen LogP contribution in [-0.4, -0.2) is 27.1 Å². The van der Waals surface area contributed by atoms with Crippen LogP contribution in [0, 0.1) is 23.7 Å². The van der Waals surface area contributed by atoms with Crippen LogP contribution in [0.3, 0.4) is 0 Å². The van der Waals surface area contributed by atoms with Crippen LogP contribution >= 0.6 is 0 Å². The summed E-state index contributed by atoms with van der Waals surface area (Å²) in [7, 11) is 0. The number of hydrogen-bond acceptors (Lipinski definition) is 5. The molecule has 30 heavy (non-hydrogen) atoms. The lowest BCUT2D eigenvalue weighted by atomic mass is 9.49. The molecule has 3 aromatic rings. The number of fused-ring (bicyclic) bond motifs is 1. The number of hydrogen-bond donors (Lipinski definition) is 2. The Kier molecular flexibility index (Phi) is 4.17. The average molecular weight is 399 g/mol. The molecule has 2 N–H and O–H groups in total. The number of rotatable bonds is 3. The summed E-state index contributed by atoms with van der Waals surface area (Å²) < 4.78 is 0. The third-order valence-electron chi connectivity index (χ3n) is 6.60. The van der Waals surface area contributed by atoms with Crippen molar-refractivity contribution in [1.82, 2.24) is 20.5 Å². The molecule has 2 heterocycles. The number of aryl methyl sites for hydroxylation is 1. The Balaban J connectivity index is 1.21. The highest BCUT2D eigenvalue weighted by Crippen LogP contribution is 2.62. The fourth-order valence-electron chi connectivity index (χ4n) is 5.11. The van der Waals surface area contributed by atoms with Crippen molar-refractivity contribution in [1.29, 1.82) is 5.26 Å². The van der Waals surface area contributed by atoms with Crippen molar-refractivity contribution in [3.05, 3.63) is 69.4 Å². The number of pyridine rings is 1. The third kappa shape index (κ3) is 2.96. The van der Waals surface area contributed by atoms with E-state index < -0.39 is 0 Å². The van der Waals surface area contributed by atoms with Gasteiger partial charge in [-0.25, -0.2) is 10.1 Å². The molecule has 0 aliphatic heterocycles. The summed E-state index contributed by atoms with van der Waals surface area (Å²) in [6.45, 7) is 1.73. The molecule has 5 rings (SSSR count). The molecule has 7 heteroatoms. The second kappa shape index (κ2) is 6.77. The van der Waals surface area contributed by atoms with E-state index in [-0.39, 0.29) is 22.9 Å². The quantitative estimate of drug-likeness (QED) is 0.703. The minimum atomic E-state index is -0.188. The SMILES string of the molecule is Cc1nc(C(=O)N[C@H]2CC3(C2)C[C@H](c2n[nH]c(=O)c4ccccc42)C3)ccc1C#N. The molecule has 150 valence electrons. The lowest BCUT2D eigenvalue weighted by Gasteiger charge is -2.57. The Bertz CT molecular complexity index is 1260. The summed E-state index contributed by atoms with van der Waals surface area (Å²) in [5.74, 6) is 0.151. The predicted molar refractivity (Wildman–Crippen MR) is 111 cm³/mol. The first-order chi connectivity index (χ1) is 14.5. The van der Waals surface area contributed by atoms with Crippen LogP contribution < -0.4 is 10.9 Å². The lowest BCUT2D eigenvalue weighted by molar-refractivity contribution is -0.0197. The zero-order chi connectivity index (χ0) is 20.9. The van der Waals surface area contributed by atoms with Crippen molar-refractivity contribution >= 4 is 16.7 Å². The van der Waals surface area contributed by atoms with E-state index in [0.717, 1.165) is 36.8 Å². The Labute approximate surface area is 173 Å². The van der Waals surface area contributed by atoms with Gasteiger partial charge in [0.1, 0.15) is 11.8 Å². The molecule has 1 spiro atoms. The number of H-pyrrole nitrogens is 1. The topological polar surface area (TPSA) is 112 Å². The Hall–Kier alpha value is -3.53. The highest BCUT2D eigenvalue weighted by Gasteiger charge is 2.54. The number of amides is 1. The highest BCUT2D eigenvalue weighted by molar-refractivity contribution is 5.92. The first-order valence-corrected chi connectivity index (χ1v) is 10.1. The van der Waals surface area contributed by atoms with Gasteiger partial charge < -0.3 is 5.32 Å². The number of nitrogens with one attached hydrogen (secondary N) is 2. The van der Waals surface area contributed by atoms with Crippen LogP contribution in [0.2, 0.25) is 0 Å². The number of benzene rings is 1. The molecule has 0 radical (unpaired) electrons. The largest absolute Gasteiger partial charge is 0.348 e. The predicted octanol–water partition coefficient (Wildman–Crippen LogP) is 2.95. The summed E-state index contributed by atoms with van der Waals surface area (Å²) in [4.78, 5) is 28.7. The molecule has 2 saturated carbocycles. The van der Waals surface area contributed by atoms with Crippen LogP contribution in [0.15, 0.2) is 41.2 Å². The maximum atomic E-state index is 12.5. The van der Waals surface area contributed by atoms with Crippen molar-refractivity contribution < 1.29 is 4.79 Å². The third-order valence-corrected chi connectivity index (χ3v) is 6.60. The second-order valence-corrected chi connectivity index (χ2v) is 8.61. The van der Waals surface area contributed by atoms with Gasteiger partial charge >= 0.3 is 0 Å². The van der Waals surface area contributed by atoms with Crippen molar-refractivity contribution in [3.63, 3.8) is 0 Å². The van der Waals surface area contributed by atoms with E-state index in [9.17, 15) is 9.59 Å². The number of aromatic nitrogens is 3. The molecule has 1 aromatic carbocycles. The summed E-state index contributed by atoms with van der Waals surface area (Å²) >= 11 is 0. The number of carbonyl (C=O) groups is 1. The summed E-state index contributed by atoms with van der Waals surface area (Å²) in [6, 6.07) is 13.1. The average Bonchev–Trinajstić information content (AvgIpc) is 2.69. The van der Waals surface area contributed by atoms with Crippen LogP contribution in [0.25, 0.3) is 10.8 Å². The maximum absolute atomic E-state index is 12.5. The van der Waals surface area contributed by atoms with Gasteiger partial charge in [-0.1, -0.05) is 18.2 Å². The van der Waals surface area contributed by atoms with Gasteiger partial charge in [0, 0.05) is 17.3 Å². The van der Waals surface area contributed by atoms with Crippen LogP contribution in [0.4, 0.5) is 0 Å². The van der Waals surface area contributed by atoms with Gasteiger partial charge in [0.05, 0.1) is 22.3 Å². The lowest BCUT2D eigenvalue weighted by Crippen LogP contribution is -2.55. The van der Waals surface area contributed by atoms with E-state index in [1.54, 1.807) is 19.1 Å². The molecule has 7 nitrogen and oxygen atoms in total. The van der Waals surface area contributed by atoms with E-state index in [0.29, 0.717) is 28.3 Å². The smallest absolute Gasteiger partial charge is 0.272 e. The van der Waals surface area contributed by atoms with Crippen molar-refractivity contribution in [3.8, 4) is 6.07 Å². The normalized spacial score (nSPS) is 24.7. The Morgan fingerprint density at radius 3 is 2.60 bits per heavy atom. The molecule has 1 amide bonds. The van der Waals surface area contributed by atoms with Gasteiger partial charge in [0.15, 0.2) is 0 Å². The summed E-state index contributed by atoms with van der Waals surface area (Å²) in [5, 5.41) is 20.7. The van der Waals surface area contributed by atoms with Gasteiger partial charge in [0.25, 0.3) is 11.5 Å². The molecule has 0 bridgehead atoms. The Morgan fingerprint density at radius 2 is 1.90 bits per heavy atom. The van der Waals surface area contributed by atoms with Gasteiger partial charge in [0.2, 0.25) is 0 Å². The summed E-state index contributed by atoms with van der Waals surface area (Å²) in [6.07, 6.45) is 3.95. The van der Waals surface area contributed by atoms with E-state index in [1.165, 1.54) is 0 Å². The zero-order valence-corrected chi connectivity index (χ0v) is 16.6. The van der Waals surface area contributed by atoms with Gasteiger partial charge in [-0.05, 0) is 56.2 Å². The van der Waals surface area contributed by atoms with Gasteiger partial charge in [-0.2, -0.15) is 10.4 Å². The number of carbonyl (C=O) groups excluding carboxylic acids is 1. The second-order valence-electron chi connectivity index (χ2n) is 8.61. The molecular weight excluding hydrogens is 378 g/mol. The van der Waals surface area contributed by atoms with E-state index in [1.807, 2.05) is 24.3 Å². The highest BCUT2D eigenvalue weighted by atomic mass is 16.2. The molecule has 0 atom stereocenters. The first kappa shape index (κ1) is 18.5. The number of nitriles is 1. The van der Waals surface area contributed by atoms with Crippen LogP contribution in [0.1, 0.15) is 59.0 Å². The van der Waals surface area contributed by atoms with E-state index in [2.05, 4.69) is 26.6 Å². The van der Waals surface area contributed by atoms with Crippen molar-refractivity contribution in [2.24, 2.45) is 5.41 Å². The molecule has 2 aromatic heterocycles. The van der Waals surface area contributed by atoms with Gasteiger partial charge in [-0.15, -0.1) is 0 Å². The van der Waals surface area contributed by atoms with Crippen LogP contribution in [-0.2, 0) is 0 Å². The Morgan fingerprint density at radius 1 is 1.17 bits per heavy atom. The molecule has 0 unspecified atom stereocenters. The fraction of sp³-hybridized carbons (Fsp3) is 0.348. The molecule has 2 fully saturated rings. The standard InChI is InChI=1S/C23H21N5O2/c1-13-14(12-24)6-7-19(25-13)22(30)26-16-10-23(11-16)8-15(9-23)20-17-4-2-3-5-18(17)21(29)28-27-20/h2-7,15-16H,8-11H2,1H3,(H,26,30)(H,28,29)/t15-,16-,23?. The molecule has 2 aliphatic carbocycles. The first-order valence-electron chi connectivity index (χ1n) is 10.1. The summed E-state index contributed by atoms with van der Waals surface area (Å²) in [5.41, 5.74) is 2.48. The molecule has 0 saturated heterocycles. The minimum absolute atomic E-state index is 0.150. The molecule has 2 aliphatic rings. The van der Waals surface area contributed by atoms with Crippen molar-refractivity contribution in [2.75, 3.05) is 0 Å². The van der Waals surface area contributed by atoms with Crippen LogP contribution in [0.5, 0.6) is 0 Å². The van der Waals surface area contributed by atoms with E-state index >= 15 is 0 Å².